The van der Waals surface area contributed by atoms with Crippen molar-refractivity contribution in [2.75, 3.05) is 13.1 Å². The van der Waals surface area contributed by atoms with Crippen molar-refractivity contribution in [3.63, 3.8) is 0 Å². The molecule has 18 heavy (non-hydrogen) atoms. The number of unbranched alkanes of at least 4 members (excludes halogenated alkanes) is 1. The molecular weight excluding hydrogens is 232 g/mol. The molecule has 2 rings (SSSR count). The first-order chi connectivity index (χ1) is 8.75. The average molecular weight is 250 g/mol. The van der Waals surface area contributed by atoms with E-state index in [9.17, 15) is 9.59 Å². The third kappa shape index (κ3) is 3.58. The van der Waals surface area contributed by atoms with Gasteiger partial charge in [-0.3, -0.25) is 9.59 Å². The van der Waals surface area contributed by atoms with Crippen LogP contribution in [0.5, 0.6) is 0 Å². The zero-order valence-electron chi connectivity index (χ0n) is 10.3. The molecule has 1 aliphatic heterocycles. The van der Waals surface area contributed by atoms with E-state index in [-0.39, 0.29) is 17.7 Å². The van der Waals surface area contributed by atoms with Crippen molar-refractivity contribution in [1.82, 2.24) is 20.2 Å². The minimum absolute atomic E-state index is 0.0176. The molecule has 1 saturated heterocycles. The van der Waals surface area contributed by atoms with E-state index in [1.165, 1.54) is 0 Å². The summed E-state index contributed by atoms with van der Waals surface area (Å²) in [6.07, 6.45) is 7.71. The molecule has 1 aromatic rings. The number of aryl methyl sites for hydroxylation is 1. The van der Waals surface area contributed by atoms with Crippen molar-refractivity contribution in [3.8, 4) is 0 Å². The van der Waals surface area contributed by atoms with Crippen LogP contribution in [0, 0.1) is 5.92 Å². The number of hydrogen-bond acceptors (Lipinski definition) is 3. The van der Waals surface area contributed by atoms with Crippen molar-refractivity contribution >= 4 is 11.8 Å². The molecule has 6 heteroatoms. The van der Waals surface area contributed by atoms with Crippen LogP contribution in [-0.4, -0.2) is 34.5 Å². The van der Waals surface area contributed by atoms with E-state index in [1.54, 1.807) is 12.5 Å². The van der Waals surface area contributed by atoms with E-state index >= 15 is 0 Å². The summed E-state index contributed by atoms with van der Waals surface area (Å²) in [7, 11) is 0. The Hall–Kier alpha value is -1.85. The van der Waals surface area contributed by atoms with Gasteiger partial charge in [0.15, 0.2) is 0 Å². The molecule has 0 radical (unpaired) electrons. The van der Waals surface area contributed by atoms with Gasteiger partial charge in [0.2, 0.25) is 11.8 Å². The van der Waals surface area contributed by atoms with Gasteiger partial charge in [0.05, 0.1) is 12.2 Å². The molecule has 98 valence electrons. The van der Waals surface area contributed by atoms with E-state index in [1.807, 2.05) is 10.8 Å². The van der Waals surface area contributed by atoms with Crippen LogP contribution in [0.2, 0.25) is 0 Å². The molecule has 1 aliphatic rings. The third-order valence-corrected chi connectivity index (χ3v) is 3.05. The number of hydrogen-bond donors (Lipinski definition) is 2. The van der Waals surface area contributed by atoms with Gasteiger partial charge < -0.3 is 15.2 Å². The van der Waals surface area contributed by atoms with Gasteiger partial charge in [-0.1, -0.05) is 0 Å². The van der Waals surface area contributed by atoms with Crippen molar-refractivity contribution in [1.29, 1.82) is 0 Å². The molecule has 0 bridgehead atoms. The number of amides is 2. The Bertz CT molecular complexity index is 402. The van der Waals surface area contributed by atoms with Crippen molar-refractivity contribution < 1.29 is 9.59 Å². The Morgan fingerprint density at radius 3 is 3.11 bits per heavy atom. The first-order valence-electron chi connectivity index (χ1n) is 6.26. The molecule has 2 amide bonds. The highest BCUT2D eigenvalue weighted by atomic mass is 16.2. The van der Waals surface area contributed by atoms with E-state index in [0.717, 1.165) is 19.4 Å². The highest BCUT2D eigenvalue weighted by Gasteiger charge is 2.27. The predicted molar refractivity (Wildman–Crippen MR) is 65.6 cm³/mol. The van der Waals surface area contributed by atoms with Gasteiger partial charge in [-0.05, 0) is 12.8 Å². The smallest absolute Gasteiger partial charge is 0.225 e. The normalized spacial score (nSPS) is 18.7. The lowest BCUT2D eigenvalue weighted by Crippen LogP contribution is -2.32. The van der Waals surface area contributed by atoms with E-state index in [2.05, 4.69) is 15.6 Å². The summed E-state index contributed by atoms with van der Waals surface area (Å²) >= 11 is 0. The molecule has 0 saturated carbocycles. The second-order valence-electron chi connectivity index (χ2n) is 4.50. The number of carbonyl (C=O) groups is 2. The van der Waals surface area contributed by atoms with Crippen LogP contribution in [0.1, 0.15) is 19.3 Å². The summed E-state index contributed by atoms with van der Waals surface area (Å²) in [6.45, 7) is 2.05. The number of rotatable bonds is 6. The minimum Gasteiger partial charge on any atom is -0.356 e. The van der Waals surface area contributed by atoms with Gasteiger partial charge in [-0.25, -0.2) is 4.98 Å². The quantitative estimate of drug-likeness (QED) is 0.693. The molecule has 2 N–H and O–H groups in total. The molecular formula is C12H18N4O2. The molecule has 2 heterocycles. The van der Waals surface area contributed by atoms with Gasteiger partial charge >= 0.3 is 0 Å². The van der Waals surface area contributed by atoms with Crippen molar-refractivity contribution in [3.05, 3.63) is 18.7 Å². The highest BCUT2D eigenvalue weighted by Crippen LogP contribution is 2.08. The number of imidazole rings is 1. The van der Waals surface area contributed by atoms with Crippen LogP contribution in [0.25, 0.3) is 0 Å². The predicted octanol–water partition coefficient (Wildman–Crippen LogP) is -0.0844. The third-order valence-electron chi connectivity index (χ3n) is 3.05. The number of nitrogens with one attached hydrogen (secondary N) is 2. The number of carbonyl (C=O) groups excluding carboxylic acids is 2. The van der Waals surface area contributed by atoms with Gasteiger partial charge in [0.25, 0.3) is 0 Å². The van der Waals surface area contributed by atoms with Crippen LogP contribution in [0.4, 0.5) is 0 Å². The first kappa shape index (κ1) is 12.6. The van der Waals surface area contributed by atoms with E-state index in [0.29, 0.717) is 19.5 Å². The average Bonchev–Trinajstić information content (AvgIpc) is 2.99. The minimum atomic E-state index is -0.189. The molecule has 1 unspecified atom stereocenters. The van der Waals surface area contributed by atoms with Crippen LogP contribution in [0.3, 0.4) is 0 Å². The lowest BCUT2D eigenvalue weighted by molar-refractivity contribution is -0.126. The Balaban J connectivity index is 1.55. The fourth-order valence-electron chi connectivity index (χ4n) is 1.98. The first-order valence-corrected chi connectivity index (χ1v) is 6.26. The summed E-state index contributed by atoms with van der Waals surface area (Å²) in [5.74, 6) is -0.239. The van der Waals surface area contributed by atoms with E-state index < -0.39 is 0 Å². The molecule has 1 aromatic heterocycles. The van der Waals surface area contributed by atoms with Gasteiger partial charge in [-0.2, -0.15) is 0 Å². The Morgan fingerprint density at radius 2 is 2.44 bits per heavy atom. The van der Waals surface area contributed by atoms with Crippen LogP contribution < -0.4 is 10.6 Å². The zero-order chi connectivity index (χ0) is 12.8. The van der Waals surface area contributed by atoms with Crippen LogP contribution >= 0.6 is 0 Å². The maximum absolute atomic E-state index is 11.7. The summed E-state index contributed by atoms with van der Waals surface area (Å²) < 4.78 is 2.02. The van der Waals surface area contributed by atoms with Gasteiger partial charge in [0, 0.05) is 38.4 Å². The zero-order valence-corrected chi connectivity index (χ0v) is 10.3. The summed E-state index contributed by atoms with van der Waals surface area (Å²) in [5.41, 5.74) is 0. The number of aromatic nitrogens is 2. The second-order valence-corrected chi connectivity index (χ2v) is 4.50. The lowest BCUT2D eigenvalue weighted by Gasteiger charge is -2.09. The van der Waals surface area contributed by atoms with E-state index in [4.69, 9.17) is 0 Å². The Kier molecular flexibility index (Phi) is 4.33. The second kappa shape index (κ2) is 6.18. The summed E-state index contributed by atoms with van der Waals surface area (Å²) in [6, 6.07) is 0. The lowest BCUT2D eigenvalue weighted by atomic mass is 10.1. The summed E-state index contributed by atoms with van der Waals surface area (Å²) in [5, 5.41) is 5.53. The molecule has 1 fully saturated rings. The van der Waals surface area contributed by atoms with Crippen molar-refractivity contribution in [2.45, 2.75) is 25.8 Å². The SMILES string of the molecule is O=C1CC(C(=O)NCCCCn2ccnc2)CN1. The molecule has 6 nitrogen and oxygen atoms in total. The molecule has 1 atom stereocenters. The topological polar surface area (TPSA) is 76.0 Å². The van der Waals surface area contributed by atoms with Crippen molar-refractivity contribution in [2.24, 2.45) is 5.92 Å². The van der Waals surface area contributed by atoms with Crippen LogP contribution in [-0.2, 0) is 16.1 Å². The largest absolute Gasteiger partial charge is 0.356 e. The number of nitrogens with zero attached hydrogens (tertiary/aromatic N) is 2. The van der Waals surface area contributed by atoms with Gasteiger partial charge in [0.1, 0.15) is 0 Å². The summed E-state index contributed by atoms with van der Waals surface area (Å²) in [4.78, 5) is 26.6. The molecule has 0 aliphatic carbocycles. The maximum Gasteiger partial charge on any atom is 0.225 e. The fraction of sp³-hybridized carbons (Fsp3) is 0.583. The fourth-order valence-corrected chi connectivity index (χ4v) is 1.98. The highest BCUT2D eigenvalue weighted by molar-refractivity contribution is 5.89. The Morgan fingerprint density at radius 1 is 1.56 bits per heavy atom. The Labute approximate surface area is 106 Å². The molecule has 0 aromatic carbocycles. The van der Waals surface area contributed by atoms with Gasteiger partial charge in [-0.15, -0.1) is 0 Å². The molecule has 0 spiro atoms. The maximum atomic E-state index is 11.7. The monoisotopic (exact) mass is 250 g/mol. The standard InChI is InChI=1S/C12H18N4O2/c17-11-7-10(8-15-11)12(18)14-3-1-2-5-16-6-4-13-9-16/h4,6,9-10H,1-3,5,7-8H2,(H,14,18)(H,15,17). The van der Waals surface area contributed by atoms with Crippen LogP contribution in [0.15, 0.2) is 18.7 Å².